The van der Waals surface area contributed by atoms with Gasteiger partial charge in [0.25, 0.3) is 0 Å². The molecule has 0 atom stereocenters. The predicted molar refractivity (Wildman–Crippen MR) is 86.4 cm³/mol. The Balaban J connectivity index is 1.69. The number of nitrogens with one attached hydrogen (secondary N) is 1. The molecule has 2 aromatic carbocycles. The summed E-state index contributed by atoms with van der Waals surface area (Å²) in [6, 6.07) is 15.0. The van der Waals surface area contributed by atoms with Gasteiger partial charge in [0, 0.05) is 23.8 Å². The summed E-state index contributed by atoms with van der Waals surface area (Å²) in [5, 5.41) is 3.90. The van der Waals surface area contributed by atoms with Crippen LogP contribution in [-0.2, 0) is 0 Å². The van der Waals surface area contributed by atoms with Crippen LogP contribution in [0, 0.1) is 0 Å². The Labute approximate surface area is 129 Å². The third-order valence-electron chi connectivity index (χ3n) is 2.76. The number of rotatable bonds is 8. The Bertz CT molecular complexity index is 529. The lowest BCUT2D eigenvalue weighted by atomic mass is 10.3. The number of anilines is 1. The van der Waals surface area contributed by atoms with E-state index in [9.17, 15) is 0 Å². The van der Waals surface area contributed by atoms with Crippen molar-refractivity contribution in [2.75, 3.05) is 31.6 Å². The molecule has 2 aromatic rings. The highest BCUT2D eigenvalue weighted by Gasteiger charge is 1.97. The maximum Gasteiger partial charge on any atom is 0.122 e. The Morgan fingerprint density at radius 3 is 1.90 bits per heavy atom. The van der Waals surface area contributed by atoms with Crippen LogP contribution in [0.1, 0.15) is 0 Å². The molecular weight excluding hydrogens is 288 g/mol. The fourth-order valence-electron chi connectivity index (χ4n) is 1.74. The zero-order valence-corrected chi connectivity index (χ0v) is 12.5. The molecule has 4 nitrogen and oxygen atoms in total. The summed E-state index contributed by atoms with van der Waals surface area (Å²) in [6.07, 6.45) is 0. The maximum absolute atomic E-state index is 5.81. The quantitative estimate of drug-likeness (QED) is 0.736. The van der Waals surface area contributed by atoms with E-state index in [0.29, 0.717) is 24.8 Å². The topological polar surface area (TPSA) is 56.5 Å². The predicted octanol–water partition coefficient (Wildman–Crippen LogP) is 3.17. The van der Waals surface area contributed by atoms with E-state index < -0.39 is 0 Å². The molecule has 0 saturated carbocycles. The second-order valence-corrected chi connectivity index (χ2v) is 4.83. The lowest BCUT2D eigenvalue weighted by molar-refractivity contribution is 0.217. The average Bonchev–Trinajstić information content (AvgIpc) is 2.52. The van der Waals surface area contributed by atoms with Crippen LogP contribution in [-0.4, -0.2) is 26.3 Å². The van der Waals surface area contributed by atoms with Crippen molar-refractivity contribution in [2.45, 2.75) is 0 Å². The SMILES string of the molecule is NCCNc1ccc(OCCOc2ccc(Cl)cc2)cc1. The molecule has 0 saturated heterocycles. The molecule has 0 aromatic heterocycles. The Morgan fingerprint density at radius 1 is 0.857 bits per heavy atom. The van der Waals surface area contributed by atoms with Crippen molar-refractivity contribution in [3.8, 4) is 11.5 Å². The summed E-state index contributed by atoms with van der Waals surface area (Å²) < 4.78 is 11.2. The molecule has 21 heavy (non-hydrogen) atoms. The van der Waals surface area contributed by atoms with Gasteiger partial charge in [-0.25, -0.2) is 0 Å². The van der Waals surface area contributed by atoms with Gasteiger partial charge < -0.3 is 20.5 Å². The number of benzene rings is 2. The van der Waals surface area contributed by atoms with Crippen molar-refractivity contribution < 1.29 is 9.47 Å². The van der Waals surface area contributed by atoms with Gasteiger partial charge in [-0.2, -0.15) is 0 Å². The number of halogens is 1. The smallest absolute Gasteiger partial charge is 0.122 e. The molecule has 0 unspecified atom stereocenters. The molecular formula is C16H19ClN2O2. The van der Waals surface area contributed by atoms with Gasteiger partial charge in [0.1, 0.15) is 24.7 Å². The molecule has 0 aliphatic rings. The highest BCUT2D eigenvalue weighted by molar-refractivity contribution is 6.30. The summed E-state index contributed by atoms with van der Waals surface area (Å²) in [5.74, 6) is 1.59. The van der Waals surface area contributed by atoms with Crippen LogP contribution in [0.2, 0.25) is 5.02 Å². The number of ether oxygens (including phenoxy) is 2. The molecule has 0 fully saturated rings. The Kier molecular flexibility index (Phi) is 6.19. The minimum atomic E-state index is 0.481. The van der Waals surface area contributed by atoms with Crippen molar-refractivity contribution in [3.05, 3.63) is 53.6 Å². The van der Waals surface area contributed by atoms with Crippen LogP contribution in [0.25, 0.3) is 0 Å². The van der Waals surface area contributed by atoms with Gasteiger partial charge in [-0.1, -0.05) is 11.6 Å². The van der Waals surface area contributed by atoms with Crippen molar-refractivity contribution in [2.24, 2.45) is 5.73 Å². The first-order chi connectivity index (χ1) is 10.3. The van der Waals surface area contributed by atoms with Gasteiger partial charge in [-0.3, -0.25) is 0 Å². The Hall–Kier alpha value is -1.91. The fraction of sp³-hybridized carbons (Fsp3) is 0.250. The number of hydrogen-bond donors (Lipinski definition) is 2. The maximum atomic E-state index is 5.81. The standard InChI is InChI=1S/C16H19ClN2O2/c17-13-1-5-15(6-2-13)20-11-12-21-16-7-3-14(4-8-16)19-10-9-18/h1-8,19H,9-12,18H2. The molecule has 5 heteroatoms. The van der Waals surface area contributed by atoms with Gasteiger partial charge in [-0.15, -0.1) is 0 Å². The van der Waals surface area contributed by atoms with Gasteiger partial charge >= 0.3 is 0 Å². The van der Waals surface area contributed by atoms with E-state index in [4.69, 9.17) is 26.8 Å². The minimum Gasteiger partial charge on any atom is -0.490 e. The second kappa shape index (κ2) is 8.39. The van der Waals surface area contributed by atoms with Crippen LogP contribution in [0.15, 0.2) is 48.5 Å². The summed E-state index contributed by atoms with van der Waals surface area (Å²) in [6.45, 7) is 2.34. The molecule has 0 spiro atoms. The van der Waals surface area contributed by atoms with E-state index in [-0.39, 0.29) is 0 Å². The van der Waals surface area contributed by atoms with Crippen molar-refractivity contribution in [3.63, 3.8) is 0 Å². The van der Waals surface area contributed by atoms with Crippen molar-refractivity contribution in [1.82, 2.24) is 0 Å². The van der Waals surface area contributed by atoms with Crippen molar-refractivity contribution in [1.29, 1.82) is 0 Å². The van der Waals surface area contributed by atoms with Gasteiger partial charge in [0.2, 0.25) is 0 Å². The van der Waals surface area contributed by atoms with Gasteiger partial charge in [0.05, 0.1) is 0 Å². The van der Waals surface area contributed by atoms with E-state index in [2.05, 4.69) is 5.32 Å². The molecule has 0 amide bonds. The third-order valence-corrected chi connectivity index (χ3v) is 3.01. The highest BCUT2D eigenvalue weighted by Crippen LogP contribution is 2.17. The molecule has 2 rings (SSSR count). The normalized spacial score (nSPS) is 10.2. The summed E-state index contributed by atoms with van der Waals surface area (Å²) in [7, 11) is 0. The van der Waals surface area contributed by atoms with Crippen LogP contribution < -0.4 is 20.5 Å². The van der Waals surface area contributed by atoms with Gasteiger partial charge in [0.15, 0.2) is 0 Å². The number of nitrogens with two attached hydrogens (primary N) is 1. The van der Waals surface area contributed by atoms with E-state index in [0.717, 1.165) is 23.7 Å². The molecule has 112 valence electrons. The lowest BCUT2D eigenvalue weighted by Gasteiger charge is -2.09. The van der Waals surface area contributed by atoms with E-state index in [1.807, 2.05) is 36.4 Å². The lowest BCUT2D eigenvalue weighted by Crippen LogP contribution is -2.13. The second-order valence-electron chi connectivity index (χ2n) is 4.39. The molecule has 3 N–H and O–H groups in total. The fourth-order valence-corrected chi connectivity index (χ4v) is 1.86. The number of hydrogen-bond acceptors (Lipinski definition) is 4. The minimum absolute atomic E-state index is 0.481. The average molecular weight is 307 g/mol. The summed E-state index contributed by atoms with van der Waals surface area (Å²) in [5.41, 5.74) is 6.47. The molecule has 0 aliphatic heterocycles. The highest BCUT2D eigenvalue weighted by atomic mass is 35.5. The van der Waals surface area contributed by atoms with E-state index in [1.54, 1.807) is 12.1 Å². The first kappa shape index (κ1) is 15.5. The zero-order chi connectivity index (χ0) is 14.9. The summed E-state index contributed by atoms with van der Waals surface area (Å²) >= 11 is 5.81. The first-order valence-electron chi connectivity index (χ1n) is 6.83. The molecule has 0 heterocycles. The largest absolute Gasteiger partial charge is 0.490 e. The molecule has 0 aliphatic carbocycles. The zero-order valence-electron chi connectivity index (χ0n) is 11.7. The molecule has 0 bridgehead atoms. The van der Waals surface area contributed by atoms with Crippen molar-refractivity contribution >= 4 is 17.3 Å². The van der Waals surface area contributed by atoms with Crippen LogP contribution in [0.3, 0.4) is 0 Å². The monoisotopic (exact) mass is 306 g/mol. The Morgan fingerprint density at radius 2 is 1.38 bits per heavy atom. The van der Waals surface area contributed by atoms with E-state index in [1.165, 1.54) is 0 Å². The molecule has 0 radical (unpaired) electrons. The first-order valence-corrected chi connectivity index (χ1v) is 7.21. The summed E-state index contributed by atoms with van der Waals surface area (Å²) in [4.78, 5) is 0. The van der Waals surface area contributed by atoms with Crippen LogP contribution in [0.4, 0.5) is 5.69 Å². The van der Waals surface area contributed by atoms with Crippen LogP contribution in [0.5, 0.6) is 11.5 Å². The van der Waals surface area contributed by atoms with E-state index >= 15 is 0 Å². The van der Waals surface area contributed by atoms with Crippen LogP contribution >= 0.6 is 11.6 Å². The van der Waals surface area contributed by atoms with Gasteiger partial charge in [-0.05, 0) is 48.5 Å². The third kappa shape index (κ3) is 5.53.